The first-order chi connectivity index (χ1) is 29.4. The van der Waals surface area contributed by atoms with Crippen LogP contribution in [0.2, 0.25) is 0 Å². The molecule has 4 unspecified atom stereocenters. The molecule has 2 saturated heterocycles. The molecule has 0 radical (unpaired) electrons. The van der Waals surface area contributed by atoms with Crippen LogP contribution in [0.25, 0.3) is 0 Å². The van der Waals surface area contributed by atoms with Gasteiger partial charge in [-0.25, -0.2) is 8.98 Å². The van der Waals surface area contributed by atoms with Crippen molar-refractivity contribution in [1.82, 2.24) is 5.32 Å². The van der Waals surface area contributed by atoms with Crippen molar-refractivity contribution in [3.8, 4) is 0 Å². The predicted molar refractivity (Wildman–Crippen MR) is 246 cm³/mol. The minimum Gasteiger partial charge on any atom is -0.467 e. The average Bonchev–Trinajstić information content (AvgIpc) is 3.12. The number of quaternary nitrogens is 1. The number of rotatable bonds is 15. The van der Waals surface area contributed by atoms with Crippen LogP contribution >= 0.6 is 0 Å². The molecule has 0 spiro atoms. The van der Waals surface area contributed by atoms with Gasteiger partial charge in [-0.15, -0.1) is 0 Å². The standard InChI is InChI=1S/C47H84N2O17S/c1-30(50)48-43(17)39(13,38(11,12)40(14,65-47(43,21)58-26)29-60-67(55,56)66-49(22,23)24)27-59-28-41(15)44(18,61-31(51)35(2,3)4)46(20,63-33(53)37(8,9)10)45(19,62-32(52)36(5,6)7)42(16,64-41)34(54)57-25/h27-29H2,1-26H3/p+1/t39-,40?,41?,42?,43+,44-,45-,46-,47?/m1/s1. The van der Waals surface area contributed by atoms with Crippen LogP contribution in [0.1, 0.15) is 145 Å². The molecule has 2 aliphatic rings. The van der Waals surface area contributed by atoms with E-state index < -0.39 is 130 Å². The third-order valence-electron chi connectivity index (χ3n) is 15.0. The van der Waals surface area contributed by atoms with E-state index >= 15 is 0 Å². The summed E-state index contributed by atoms with van der Waals surface area (Å²) in [5.74, 6) is -5.61. The van der Waals surface area contributed by atoms with Crippen molar-refractivity contribution >= 4 is 40.2 Å². The highest BCUT2D eigenvalue weighted by Gasteiger charge is 2.83. The van der Waals surface area contributed by atoms with Crippen LogP contribution in [0.15, 0.2) is 0 Å². The van der Waals surface area contributed by atoms with E-state index in [9.17, 15) is 32.4 Å². The van der Waals surface area contributed by atoms with Crippen molar-refractivity contribution in [2.75, 3.05) is 55.2 Å². The molecule has 1 N–H and O–H groups in total. The second-order valence-corrected chi connectivity index (χ2v) is 25.5. The maximum Gasteiger partial charge on any atom is 0.444 e. The molecule has 19 nitrogen and oxygen atoms in total. The number of hydrogen-bond donors (Lipinski definition) is 1. The minimum atomic E-state index is -4.62. The molecule has 0 bridgehead atoms. The molecule has 20 heteroatoms. The molecule has 0 saturated carbocycles. The second kappa shape index (κ2) is 18.0. The van der Waals surface area contributed by atoms with Crippen molar-refractivity contribution in [3.05, 3.63) is 0 Å². The third kappa shape index (κ3) is 10.3. The number of esters is 4. The molecule has 2 fully saturated rings. The Morgan fingerprint density at radius 3 is 1.39 bits per heavy atom. The number of hydroxylamine groups is 3. The minimum absolute atomic E-state index is 0.317. The predicted octanol–water partition coefficient (Wildman–Crippen LogP) is 5.75. The third-order valence-corrected chi connectivity index (χ3v) is 16.0. The topological polar surface area (TPSA) is 224 Å². The van der Waals surface area contributed by atoms with E-state index in [-0.39, 0.29) is 6.61 Å². The van der Waals surface area contributed by atoms with Gasteiger partial charge in [0, 0.05) is 24.9 Å². The molecule has 0 aromatic rings. The molecule has 0 aliphatic carbocycles. The first-order valence-corrected chi connectivity index (χ1v) is 23.7. The van der Waals surface area contributed by atoms with Gasteiger partial charge in [-0.2, -0.15) is 13.1 Å². The lowest BCUT2D eigenvalue weighted by Crippen LogP contribution is -2.88. The molecule has 67 heavy (non-hydrogen) atoms. The van der Waals surface area contributed by atoms with Crippen LogP contribution < -0.4 is 5.32 Å². The first-order valence-electron chi connectivity index (χ1n) is 22.4. The fourth-order valence-corrected chi connectivity index (χ4v) is 9.91. The van der Waals surface area contributed by atoms with Gasteiger partial charge in [0.2, 0.25) is 11.5 Å². The van der Waals surface area contributed by atoms with Crippen molar-refractivity contribution in [1.29, 1.82) is 0 Å². The van der Waals surface area contributed by atoms with E-state index in [0.29, 0.717) is 0 Å². The quantitative estimate of drug-likeness (QED) is 0.0893. The monoisotopic (exact) mass is 982 g/mol. The zero-order chi connectivity index (χ0) is 53.3. The number of hydrogen-bond acceptors (Lipinski definition) is 17. The molecule has 2 heterocycles. The Morgan fingerprint density at radius 2 is 1.01 bits per heavy atom. The molecular weight excluding hydrogens is 897 g/mol. The van der Waals surface area contributed by atoms with E-state index in [1.807, 2.05) is 0 Å². The number of nitrogens with zero attached hydrogens (tertiary/aromatic N) is 1. The van der Waals surface area contributed by atoms with Crippen molar-refractivity contribution in [2.45, 2.75) is 190 Å². The number of carbonyl (C=O) groups is 5. The van der Waals surface area contributed by atoms with E-state index in [1.54, 1.807) is 104 Å². The van der Waals surface area contributed by atoms with Gasteiger partial charge in [-0.1, -0.05) is 20.8 Å². The summed E-state index contributed by atoms with van der Waals surface area (Å²) in [6.07, 6.45) is 0. The van der Waals surface area contributed by atoms with Gasteiger partial charge >= 0.3 is 34.3 Å². The molecule has 1 amide bonds. The van der Waals surface area contributed by atoms with Gasteiger partial charge in [0.1, 0.15) is 5.60 Å². The summed E-state index contributed by atoms with van der Waals surface area (Å²) < 4.78 is 88.2. The smallest absolute Gasteiger partial charge is 0.444 e. The van der Waals surface area contributed by atoms with Gasteiger partial charge in [0.15, 0.2) is 22.6 Å². The lowest BCUT2D eigenvalue weighted by molar-refractivity contribution is -1.03. The van der Waals surface area contributed by atoms with Gasteiger partial charge in [0.25, 0.3) is 0 Å². The summed E-state index contributed by atoms with van der Waals surface area (Å²) in [5, 5.41) is 3.05. The van der Waals surface area contributed by atoms with Crippen LogP contribution in [-0.4, -0.2) is 143 Å². The number of methoxy groups -OCH3 is 2. The fourth-order valence-electron chi connectivity index (χ4n) is 8.95. The van der Waals surface area contributed by atoms with E-state index in [2.05, 4.69) is 5.32 Å². The van der Waals surface area contributed by atoms with E-state index in [0.717, 1.165) is 7.11 Å². The number of amides is 1. The van der Waals surface area contributed by atoms with Gasteiger partial charge in [-0.05, 0) is 122 Å². The number of nitrogens with one attached hydrogen (secondary N) is 1. The Kier molecular flexibility index (Phi) is 16.2. The summed E-state index contributed by atoms with van der Waals surface area (Å²) in [6, 6.07) is 0. The van der Waals surface area contributed by atoms with Crippen molar-refractivity contribution < 1.29 is 83.4 Å². The zero-order valence-electron chi connectivity index (χ0n) is 45.4. The Labute approximate surface area is 400 Å². The molecule has 0 aromatic carbocycles. The Balaban J connectivity index is 3.15. The fraction of sp³-hybridized carbons (Fsp3) is 0.894. The Bertz CT molecular complexity index is 2030. The summed E-state index contributed by atoms with van der Waals surface area (Å²) in [6.45, 7) is 31.8. The molecule has 2 rings (SSSR count). The van der Waals surface area contributed by atoms with Crippen LogP contribution in [-0.2, 0) is 80.7 Å². The van der Waals surface area contributed by atoms with Crippen LogP contribution in [0.3, 0.4) is 0 Å². The number of carbonyl (C=O) groups excluding carboxylic acids is 5. The second-order valence-electron chi connectivity index (χ2n) is 24.2. The van der Waals surface area contributed by atoms with Crippen LogP contribution in [0.5, 0.6) is 0 Å². The summed E-state index contributed by atoms with van der Waals surface area (Å²) in [4.78, 5) is 70.6. The zero-order valence-corrected chi connectivity index (χ0v) is 46.2. The highest BCUT2D eigenvalue weighted by molar-refractivity contribution is 7.81. The molecule has 390 valence electrons. The van der Waals surface area contributed by atoms with E-state index in [4.69, 9.17) is 46.4 Å². The number of ether oxygens (including phenoxy) is 8. The van der Waals surface area contributed by atoms with Crippen LogP contribution in [0, 0.1) is 27.1 Å². The normalized spacial score (nSPS) is 36.1. The molecule has 2 aliphatic heterocycles. The SMILES string of the molecule is COC(=O)C1(C)OC(C)(COC[C@]2(C)C(C)(C)C(C)(COS(=O)(=O)O[N+](C)(C)C)OC(C)(OC)[C@@]2(C)NC(C)=O)[C@@](C)(OC(=O)C(C)(C)C)[C@@](C)(OC(=O)C(C)(C)C)[C@]1(C)OC(=O)C(C)(C)C. The van der Waals surface area contributed by atoms with Crippen molar-refractivity contribution in [3.63, 3.8) is 0 Å². The maximum absolute atomic E-state index is 14.5. The summed E-state index contributed by atoms with van der Waals surface area (Å²) in [7, 11) is 2.36. The van der Waals surface area contributed by atoms with Gasteiger partial charge < -0.3 is 43.2 Å². The largest absolute Gasteiger partial charge is 0.467 e. The summed E-state index contributed by atoms with van der Waals surface area (Å²) >= 11 is 0. The van der Waals surface area contributed by atoms with Gasteiger partial charge in [-0.3, -0.25) is 19.2 Å². The van der Waals surface area contributed by atoms with Crippen molar-refractivity contribution in [2.24, 2.45) is 27.1 Å². The summed E-state index contributed by atoms with van der Waals surface area (Å²) in [5.41, 5.74) is -20.4. The Morgan fingerprint density at radius 1 is 0.597 bits per heavy atom. The van der Waals surface area contributed by atoms with Crippen LogP contribution in [0.4, 0.5) is 0 Å². The first kappa shape index (κ1) is 60.1. The Hall–Kier alpha value is -2.98. The average molecular weight is 982 g/mol. The highest BCUT2D eigenvalue weighted by Crippen LogP contribution is 2.64. The lowest BCUT2D eigenvalue weighted by Gasteiger charge is -2.70. The molecule has 0 aromatic heterocycles. The highest BCUT2D eigenvalue weighted by atomic mass is 32.3. The molecule has 9 atom stereocenters. The lowest BCUT2D eigenvalue weighted by atomic mass is 9.47. The maximum atomic E-state index is 14.5. The van der Waals surface area contributed by atoms with Gasteiger partial charge in [0.05, 0.1) is 75.5 Å². The molecular formula is C47H85N2O17S+. The van der Waals surface area contributed by atoms with E-state index in [1.165, 1.54) is 69.8 Å².